The number of nitrogens with zero attached hydrogens (tertiary/aromatic N) is 3. The number of aryl methyl sites for hydroxylation is 1. The number of anilines is 2. The fourth-order valence-corrected chi connectivity index (χ4v) is 4.45. The van der Waals surface area contributed by atoms with E-state index in [9.17, 15) is 26.4 Å². The number of pyridine rings is 2. The van der Waals surface area contributed by atoms with Crippen LogP contribution in [0.1, 0.15) is 30.4 Å². The maximum absolute atomic E-state index is 13.6. The first-order valence-electron chi connectivity index (χ1n) is 11.0. The number of hydrogen-bond donors (Lipinski definition) is 2. The average Bonchev–Trinajstić information content (AvgIpc) is 2.81. The van der Waals surface area contributed by atoms with Gasteiger partial charge in [-0.3, -0.25) is 9.52 Å². The molecule has 2 heterocycles. The van der Waals surface area contributed by atoms with Crippen LogP contribution in [-0.4, -0.2) is 43.1 Å². The Morgan fingerprint density at radius 2 is 1.75 bits per heavy atom. The first-order chi connectivity index (χ1) is 16.9. The fourth-order valence-electron chi connectivity index (χ4n) is 3.48. The number of hydrogen-bond acceptors (Lipinski definition) is 6. The monoisotopic (exact) mass is 522 g/mol. The van der Waals surface area contributed by atoms with Gasteiger partial charge in [0, 0.05) is 25.6 Å². The standard InChI is InChI=1S/C24H25F3N4O4S/c1-16-8-3-4-9-17(16)23-18(24(25,26)27)13-14-19(28-23)30-36(34,35)21-11-7-10-20(29-21)31(2)15-6-5-12-22(32)33/h3-4,7-11,13-14H,5-6,12,15H2,1-2H3,(H,28,30)(H,32,33). The molecule has 0 aliphatic rings. The van der Waals surface area contributed by atoms with Gasteiger partial charge >= 0.3 is 12.1 Å². The van der Waals surface area contributed by atoms with Crippen molar-refractivity contribution in [2.45, 2.75) is 37.4 Å². The van der Waals surface area contributed by atoms with Crippen molar-refractivity contribution in [1.29, 1.82) is 0 Å². The molecule has 0 fully saturated rings. The molecule has 1 aromatic carbocycles. The Bertz CT molecular complexity index is 1350. The lowest BCUT2D eigenvalue weighted by atomic mass is 10.0. The number of carbonyl (C=O) groups is 1. The van der Waals surface area contributed by atoms with E-state index in [1.165, 1.54) is 18.2 Å². The lowest BCUT2D eigenvalue weighted by Gasteiger charge is -2.19. The number of aliphatic carboxylic acids is 1. The summed E-state index contributed by atoms with van der Waals surface area (Å²) in [6, 6.07) is 12.5. The molecule has 0 saturated heterocycles. The fraction of sp³-hybridized carbons (Fsp3) is 0.292. The van der Waals surface area contributed by atoms with Gasteiger partial charge in [0.2, 0.25) is 0 Å². The lowest BCUT2D eigenvalue weighted by Crippen LogP contribution is -2.22. The molecule has 0 unspecified atom stereocenters. The summed E-state index contributed by atoms with van der Waals surface area (Å²) < 4.78 is 69.1. The smallest absolute Gasteiger partial charge is 0.418 e. The SMILES string of the molecule is Cc1ccccc1-c1nc(NS(=O)(=O)c2cccc(N(C)CCCCC(=O)O)n2)ccc1C(F)(F)F. The van der Waals surface area contributed by atoms with Gasteiger partial charge in [-0.15, -0.1) is 0 Å². The molecular formula is C24H25F3N4O4S. The van der Waals surface area contributed by atoms with Gasteiger partial charge in [0.25, 0.3) is 10.0 Å². The Morgan fingerprint density at radius 1 is 1.03 bits per heavy atom. The molecule has 12 heteroatoms. The number of alkyl halides is 3. The minimum absolute atomic E-state index is 0.0320. The summed E-state index contributed by atoms with van der Waals surface area (Å²) >= 11 is 0. The molecule has 0 saturated carbocycles. The number of aromatic nitrogens is 2. The number of benzene rings is 1. The van der Waals surface area contributed by atoms with Crippen LogP contribution in [0.4, 0.5) is 24.8 Å². The third-order valence-corrected chi connectivity index (χ3v) is 6.61. The number of sulfonamides is 1. The van der Waals surface area contributed by atoms with E-state index in [2.05, 4.69) is 14.7 Å². The molecule has 0 aliphatic carbocycles. The summed E-state index contributed by atoms with van der Waals surface area (Å²) in [5, 5.41) is 8.40. The topological polar surface area (TPSA) is 112 Å². The lowest BCUT2D eigenvalue weighted by molar-refractivity contribution is -0.138. The molecule has 0 radical (unpaired) electrons. The van der Waals surface area contributed by atoms with E-state index in [-0.39, 0.29) is 28.5 Å². The van der Waals surface area contributed by atoms with Crippen LogP contribution < -0.4 is 9.62 Å². The molecule has 2 aromatic heterocycles. The van der Waals surface area contributed by atoms with Gasteiger partial charge in [-0.25, -0.2) is 9.97 Å². The van der Waals surface area contributed by atoms with Crippen molar-refractivity contribution in [2.75, 3.05) is 23.2 Å². The molecule has 0 atom stereocenters. The van der Waals surface area contributed by atoms with Crippen molar-refractivity contribution in [3.63, 3.8) is 0 Å². The van der Waals surface area contributed by atoms with E-state index in [4.69, 9.17) is 5.11 Å². The first kappa shape index (κ1) is 26.9. The molecule has 36 heavy (non-hydrogen) atoms. The third-order valence-electron chi connectivity index (χ3n) is 5.35. The van der Waals surface area contributed by atoms with Crippen molar-refractivity contribution in [2.24, 2.45) is 0 Å². The van der Waals surface area contributed by atoms with E-state index < -0.39 is 27.7 Å². The highest BCUT2D eigenvalue weighted by Gasteiger charge is 2.35. The Labute approximate surface area is 206 Å². The van der Waals surface area contributed by atoms with E-state index >= 15 is 0 Å². The zero-order chi connectivity index (χ0) is 26.5. The van der Waals surface area contributed by atoms with Crippen molar-refractivity contribution < 1.29 is 31.5 Å². The Balaban J connectivity index is 1.87. The summed E-state index contributed by atoms with van der Waals surface area (Å²) in [5.74, 6) is -0.831. The highest BCUT2D eigenvalue weighted by molar-refractivity contribution is 7.92. The Kier molecular flexibility index (Phi) is 8.18. The molecule has 192 valence electrons. The van der Waals surface area contributed by atoms with Gasteiger partial charge in [0.1, 0.15) is 11.6 Å². The van der Waals surface area contributed by atoms with Gasteiger partial charge < -0.3 is 10.0 Å². The summed E-state index contributed by atoms with van der Waals surface area (Å²) in [6.45, 7) is 2.10. The van der Waals surface area contributed by atoms with Gasteiger partial charge in [0.15, 0.2) is 5.03 Å². The van der Waals surface area contributed by atoms with E-state index in [1.807, 2.05) is 0 Å². The maximum atomic E-state index is 13.6. The van der Waals surface area contributed by atoms with Crippen LogP contribution in [0.3, 0.4) is 0 Å². The van der Waals surface area contributed by atoms with Crippen molar-refractivity contribution in [3.8, 4) is 11.3 Å². The number of rotatable bonds is 10. The maximum Gasteiger partial charge on any atom is 0.418 e. The van der Waals surface area contributed by atoms with Crippen molar-refractivity contribution in [1.82, 2.24) is 9.97 Å². The predicted octanol–water partition coefficient (Wildman–Crippen LogP) is 4.96. The molecule has 0 aliphatic heterocycles. The van der Waals surface area contributed by atoms with Crippen molar-refractivity contribution in [3.05, 3.63) is 65.7 Å². The number of carboxylic acid groups (broad SMARTS) is 1. The molecular weight excluding hydrogens is 497 g/mol. The summed E-state index contributed by atoms with van der Waals surface area (Å²) in [7, 11) is -2.58. The van der Waals surface area contributed by atoms with E-state index in [1.54, 1.807) is 43.1 Å². The highest BCUT2D eigenvalue weighted by Crippen LogP contribution is 2.38. The normalized spacial score (nSPS) is 11.8. The summed E-state index contributed by atoms with van der Waals surface area (Å²) in [4.78, 5) is 20.5. The van der Waals surface area contributed by atoms with Crippen LogP contribution in [0, 0.1) is 6.92 Å². The van der Waals surface area contributed by atoms with Gasteiger partial charge in [-0.2, -0.15) is 21.6 Å². The third kappa shape index (κ3) is 6.72. The van der Waals surface area contributed by atoms with Crippen molar-refractivity contribution >= 4 is 27.6 Å². The second-order valence-corrected chi connectivity index (χ2v) is 9.75. The molecule has 0 amide bonds. The Hall–Kier alpha value is -3.67. The zero-order valence-corrected chi connectivity index (χ0v) is 20.4. The summed E-state index contributed by atoms with van der Waals surface area (Å²) in [6.07, 6.45) is -3.63. The molecule has 3 rings (SSSR count). The van der Waals surface area contributed by atoms with Crippen LogP contribution in [0.15, 0.2) is 59.6 Å². The second kappa shape index (κ2) is 10.9. The van der Waals surface area contributed by atoms with Crippen LogP contribution >= 0.6 is 0 Å². The number of carboxylic acids is 1. The number of nitrogens with one attached hydrogen (secondary N) is 1. The first-order valence-corrected chi connectivity index (χ1v) is 12.4. The highest BCUT2D eigenvalue weighted by atomic mass is 32.2. The molecule has 0 bridgehead atoms. The second-order valence-electron chi connectivity index (χ2n) is 8.12. The van der Waals surface area contributed by atoms with Gasteiger partial charge in [-0.1, -0.05) is 30.3 Å². The van der Waals surface area contributed by atoms with Crippen LogP contribution in [0.2, 0.25) is 0 Å². The summed E-state index contributed by atoms with van der Waals surface area (Å²) in [5.41, 5.74) is -0.584. The van der Waals surface area contributed by atoms with E-state index in [0.29, 0.717) is 30.8 Å². The minimum Gasteiger partial charge on any atom is -0.481 e. The minimum atomic E-state index is -4.69. The van der Waals surface area contributed by atoms with Gasteiger partial charge in [-0.05, 0) is 49.6 Å². The molecule has 2 N–H and O–H groups in total. The average molecular weight is 523 g/mol. The molecule has 3 aromatic rings. The van der Waals surface area contributed by atoms with Crippen LogP contribution in [0.25, 0.3) is 11.3 Å². The number of halogens is 3. The molecule has 0 spiro atoms. The van der Waals surface area contributed by atoms with Crippen LogP contribution in [0.5, 0.6) is 0 Å². The van der Waals surface area contributed by atoms with E-state index in [0.717, 1.165) is 12.1 Å². The van der Waals surface area contributed by atoms with Crippen LogP contribution in [-0.2, 0) is 21.0 Å². The molecule has 8 nitrogen and oxygen atoms in total. The largest absolute Gasteiger partial charge is 0.481 e. The number of unbranched alkanes of at least 4 members (excludes halogenated alkanes) is 1. The van der Waals surface area contributed by atoms with Gasteiger partial charge in [0.05, 0.1) is 11.3 Å². The zero-order valence-electron chi connectivity index (χ0n) is 19.6. The quantitative estimate of drug-likeness (QED) is 0.362. The predicted molar refractivity (Wildman–Crippen MR) is 129 cm³/mol. The Morgan fingerprint density at radius 3 is 2.42 bits per heavy atom.